The topological polar surface area (TPSA) is 146 Å². The SMILES string of the molecule is CC[n+]1cc(NC(=O)CSc2nc(N)c(C#N)c(-c3cccs3)c2C#N)on1. The molecule has 0 saturated carbocycles. The van der Waals surface area contributed by atoms with E-state index in [1.54, 1.807) is 12.3 Å². The fraction of sp³-hybridized carbons (Fsp3) is 0.176. The van der Waals surface area contributed by atoms with Crippen molar-refractivity contribution in [1.82, 2.24) is 10.3 Å². The van der Waals surface area contributed by atoms with E-state index in [0.717, 1.165) is 16.6 Å². The van der Waals surface area contributed by atoms with E-state index in [0.29, 0.717) is 17.1 Å². The monoisotopic (exact) mass is 412 g/mol. The standard InChI is InChI=1S/C17H13N7O2S2/c1-2-24-8-14(26-23-24)21-13(25)9-28-17-11(7-19)15(12-4-3-5-27-12)10(6-18)16(20)22-17/h3-5,8H,2,9H2,1H3,(H2-,20,21,22,23,25)/p+1. The number of aryl methyl sites for hydroxylation is 1. The summed E-state index contributed by atoms with van der Waals surface area (Å²) < 4.78 is 6.52. The zero-order chi connectivity index (χ0) is 20.1. The molecular formula is C17H14N7O2S2+. The maximum absolute atomic E-state index is 12.2. The number of nitrogens with zero attached hydrogens (tertiary/aromatic N) is 5. The molecule has 0 fully saturated rings. The highest BCUT2D eigenvalue weighted by Gasteiger charge is 2.22. The molecule has 3 aromatic heterocycles. The number of aromatic nitrogens is 3. The molecule has 0 unspecified atom stereocenters. The Kier molecular flexibility index (Phi) is 5.89. The van der Waals surface area contributed by atoms with Gasteiger partial charge in [0.15, 0.2) is 6.54 Å². The highest BCUT2D eigenvalue weighted by molar-refractivity contribution is 8.00. The summed E-state index contributed by atoms with van der Waals surface area (Å²) in [5.41, 5.74) is 6.74. The Hall–Kier alpha value is -3.41. The Morgan fingerprint density at radius 3 is 2.82 bits per heavy atom. The first-order chi connectivity index (χ1) is 13.6. The van der Waals surface area contributed by atoms with E-state index in [-0.39, 0.29) is 34.5 Å². The highest BCUT2D eigenvalue weighted by atomic mass is 32.2. The number of pyridine rings is 1. The number of anilines is 2. The molecule has 0 saturated heterocycles. The van der Waals surface area contributed by atoms with Gasteiger partial charge in [0, 0.05) is 10.4 Å². The Labute approximate surface area is 168 Å². The van der Waals surface area contributed by atoms with Crippen LogP contribution >= 0.6 is 23.1 Å². The summed E-state index contributed by atoms with van der Waals surface area (Å²) in [5, 5.41) is 27.6. The third-order valence-corrected chi connectivity index (χ3v) is 5.48. The number of rotatable bonds is 6. The minimum atomic E-state index is -0.351. The number of amides is 1. The van der Waals surface area contributed by atoms with Crippen molar-refractivity contribution in [1.29, 1.82) is 10.5 Å². The molecule has 0 aromatic carbocycles. The van der Waals surface area contributed by atoms with Gasteiger partial charge in [0.2, 0.25) is 11.2 Å². The fourth-order valence-electron chi connectivity index (χ4n) is 2.36. The van der Waals surface area contributed by atoms with Crippen LogP contribution in [-0.2, 0) is 11.3 Å². The summed E-state index contributed by atoms with van der Waals surface area (Å²) in [5.74, 6) is -0.133. The van der Waals surface area contributed by atoms with E-state index in [9.17, 15) is 15.3 Å². The number of nitrogens with two attached hydrogens (primary N) is 1. The minimum absolute atomic E-state index is 0.0204. The first kappa shape index (κ1) is 19.4. The zero-order valence-corrected chi connectivity index (χ0v) is 16.3. The first-order valence-electron chi connectivity index (χ1n) is 8.04. The largest absolute Gasteiger partial charge is 0.383 e. The molecule has 3 aromatic rings. The number of nitrogens with one attached hydrogen (secondary N) is 1. The normalized spacial score (nSPS) is 10.2. The summed E-state index contributed by atoms with van der Waals surface area (Å²) in [7, 11) is 0. The molecule has 11 heteroatoms. The summed E-state index contributed by atoms with van der Waals surface area (Å²) >= 11 is 2.44. The molecule has 3 N–H and O–H groups in total. The van der Waals surface area contributed by atoms with Crippen LogP contribution < -0.4 is 15.7 Å². The van der Waals surface area contributed by atoms with Gasteiger partial charge in [0.05, 0.1) is 11.3 Å². The van der Waals surface area contributed by atoms with Gasteiger partial charge >= 0.3 is 5.88 Å². The Morgan fingerprint density at radius 1 is 1.43 bits per heavy atom. The van der Waals surface area contributed by atoms with Gasteiger partial charge in [-0.15, -0.1) is 11.3 Å². The van der Waals surface area contributed by atoms with Crippen molar-refractivity contribution < 1.29 is 14.0 Å². The van der Waals surface area contributed by atoms with E-state index in [1.807, 2.05) is 24.4 Å². The highest BCUT2D eigenvalue weighted by Crippen LogP contribution is 2.37. The summed E-state index contributed by atoms with van der Waals surface area (Å²) in [4.78, 5) is 17.1. The zero-order valence-electron chi connectivity index (χ0n) is 14.7. The van der Waals surface area contributed by atoms with Crippen molar-refractivity contribution >= 4 is 40.7 Å². The van der Waals surface area contributed by atoms with Gasteiger partial charge in [-0.3, -0.25) is 14.6 Å². The van der Waals surface area contributed by atoms with Gasteiger partial charge in [-0.2, -0.15) is 10.5 Å². The summed E-state index contributed by atoms with van der Waals surface area (Å²) in [6.45, 7) is 2.50. The van der Waals surface area contributed by atoms with Crippen molar-refractivity contribution in [3.63, 3.8) is 0 Å². The van der Waals surface area contributed by atoms with Crippen molar-refractivity contribution in [2.45, 2.75) is 18.5 Å². The smallest absolute Gasteiger partial charge is 0.302 e. The number of hydrogen-bond acceptors (Lipinski definition) is 9. The molecule has 0 aliphatic carbocycles. The number of hydrogen-bond donors (Lipinski definition) is 2. The second-order valence-electron chi connectivity index (χ2n) is 5.39. The van der Waals surface area contributed by atoms with Crippen LogP contribution in [0, 0.1) is 22.7 Å². The Bertz CT molecular complexity index is 1090. The van der Waals surface area contributed by atoms with Crippen LogP contribution in [0.25, 0.3) is 10.4 Å². The average molecular weight is 412 g/mol. The van der Waals surface area contributed by atoms with E-state index in [4.69, 9.17) is 10.3 Å². The van der Waals surface area contributed by atoms with Gasteiger partial charge in [-0.05, 0) is 18.4 Å². The molecule has 0 aliphatic heterocycles. The molecule has 28 heavy (non-hydrogen) atoms. The number of thioether (sulfide) groups is 1. The number of nitriles is 2. The van der Waals surface area contributed by atoms with Gasteiger partial charge in [0.25, 0.3) is 6.20 Å². The number of carbonyl (C=O) groups is 1. The van der Waals surface area contributed by atoms with Crippen LogP contribution in [0.15, 0.2) is 33.3 Å². The van der Waals surface area contributed by atoms with Crippen LogP contribution in [0.4, 0.5) is 11.7 Å². The lowest BCUT2D eigenvalue weighted by Crippen LogP contribution is -2.32. The molecule has 1 amide bonds. The quantitative estimate of drug-likeness (QED) is 0.463. The van der Waals surface area contributed by atoms with E-state index < -0.39 is 0 Å². The van der Waals surface area contributed by atoms with Crippen LogP contribution in [0.1, 0.15) is 18.1 Å². The molecule has 9 nitrogen and oxygen atoms in total. The van der Waals surface area contributed by atoms with Gasteiger partial charge in [0.1, 0.15) is 28.5 Å². The molecule has 0 bridgehead atoms. The lowest BCUT2D eigenvalue weighted by atomic mass is 10.0. The molecule has 0 aliphatic rings. The van der Waals surface area contributed by atoms with E-state index in [1.165, 1.54) is 16.0 Å². The predicted molar refractivity (Wildman–Crippen MR) is 103 cm³/mol. The predicted octanol–water partition coefficient (Wildman–Crippen LogP) is 2.16. The molecule has 0 spiro atoms. The lowest BCUT2D eigenvalue weighted by Gasteiger charge is -2.11. The Balaban J connectivity index is 1.85. The number of thiophene rings is 1. The van der Waals surface area contributed by atoms with E-state index in [2.05, 4.69) is 21.6 Å². The fourth-order valence-corrected chi connectivity index (χ4v) is 3.94. The van der Waals surface area contributed by atoms with E-state index >= 15 is 0 Å². The molecular weight excluding hydrogens is 398 g/mol. The number of nitrogen functional groups attached to an aromatic ring is 1. The van der Waals surface area contributed by atoms with Crippen molar-refractivity contribution in [3.8, 4) is 22.6 Å². The molecule has 0 atom stereocenters. The lowest BCUT2D eigenvalue weighted by molar-refractivity contribution is -0.759. The third-order valence-electron chi connectivity index (χ3n) is 3.62. The van der Waals surface area contributed by atoms with Crippen molar-refractivity contribution in [3.05, 3.63) is 34.8 Å². The van der Waals surface area contributed by atoms with Crippen LogP contribution in [0.3, 0.4) is 0 Å². The van der Waals surface area contributed by atoms with Crippen LogP contribution in [0.2, 0.25) is 0 Å². The molecule has 3 rings (SSSR count). The number of carbonyl (C=O) groups excluding carboxylic acids is 1. The maximum Gasteiger partial charge on any atom is 0.302 e. The summed E-state index contributed by atoms with van der Waals surface area (Å²) in [6.07, 6.45) is 1.57. The van der Waals surface area contributed by atoms with Gasteiger partial charge in [-0.25, -0.2) is 4.98 Å². The molecule has 0 radical (unpaired) electrons. The van der Waals surface area contributed by atoms with Crippen molar-refractivity contribution in [2.75, 3.05) is 16.8 Å². The third kappa shape index (κ3) is 3.96. The summed E-state index contributed by atoms with van der Waals surface area (Å²) in [6, 6.07) is 7.73. The van der Waals surface area contributed by atoms with Crippen LogP contribution in [-0.4, -0.2) is 21.9 Å². The Morgan fingerprint density at radius 2 is 2.21 bits per heavy atom. The van der Waals surface area contributed by atoms with Crippen molar-refractivity contribution in [2.24, 2.45) is 0 Å². The second-order valence-corrected chi connectivity index (χ2v) is 7.30. The van der Waals surface area contributed by atoms with Gasteiger partial charge in [-0.1, -0.05) is 22.5 Å². The van der Waals surface area contributed by atoms with Gasteiger partial charge < -0.3 is 5.73 Å². The first-order valence-corrected chi connectivity index (χ1v) is 9.90. The molecule has 140 valence electrons. The minimum Gasteiger partial charge on any atom is -0.383 e. The average Bonchev–Trinajstić information content (AvgIpc) is 3.37. The van der Waals surface area contributed by atoms with Crippen LogP contribution in [0.5, 0.6) is 0 Å². The molecule has 3 heterocycles. The maximum atomic E-state index is 12.2. The second kappa shape index (κ2) is 8.52.